The fourth-order valence-corrected chi connectivity index (χ4v) is 1.69. The molecule has 0 aliphatic heterocycles. The number of nitrogens with one attached hydrogen (secondary N) is 1. The van der Waals surface area contributed by atoms with Crippen molar-refractivity contribution in [2.24, 2.45) is 0 Å². The minimum Gasteiger partial charge on any atom is -0.444 e. The Labute approximate surface area is 119 Å². The third kappa shape index (κ3) is 4.88. The zero-order valence-electron chi connectivity index (χ0n) is 10.3. The molecule has 0 saturated carbocycles. The predicted octanol–water partition coefficient (Wildman–Crippen LogP) is 0.779. The number of carbonyl (C=O) groups excluding carboxylic acids is 2. The monoisotopic (exact) mass is 330 g/mol. The van der Waals surface area contributed by atoms with Crippen LogP contribution in [0.25, 0.3) is 0 Å². The summed E-state index contributed by atoms with van der Waals surface area (Å²) in [5, 5.41) is 11.3. The zero-order chi connectivity index (χ0) is 14.3. The number of rotatable bonds is 7. The molecule has 0 radical (unpaired) electrons. The maximum Gasteiger partial charge on any atom is 0.287 e. The van der Waals surface area contributed by atoms with Gasteiger partial charge in [-0.15, -0.1) is 6.58 Å². The Balaban J connectivity index is 2.48. The maximum atomic E-state index is 11.8. The Morgan fingerprint density at radius 3 is 2.79 bits per heavy atom. The molecule has 0 atom stereocenters. The van der Waals surface area contributed by atoms with Crippen LogP contribution in [0.4, 0.5) is 0 Å². The topological polar surface area (TPSA) is 82.8 Å². The molecule has 1 aromatic heterocycles. The summed E-state index contributed by atoms with van der Waals surface area (Å²) in [6.45, 7) is 3.75. The summed E-state index contributed by atoms with van der Waals surface area (Å²) in [5.41, 5.74) is 0. The van der Waals surface area contributed by atoms with Crippen LogP contribution in [-0.4, -0.2) is 48.1 Å². The molecule has 1 aromatic rings. The molecule has 0 spiro atoms. The number of furan rings is 1. The van der Waals surface area contributed by atoms with E-state index in [-0.39, 0.29) is 31.4 Å². The normalized spacial score (nSPS) is 10.0. The number of hydrogen-bond donors (Lipinski definition) is 2. The van der Waals surface area contributed by atoms with Crippen LogP contribution in [0.5, 0.6) is 0 Å². The van der Waals surface area contributed by atoms with Crippen molar-refractivity contribution in [2.45, 2.75) is 0 Å². The molecule has 0 aliphatic rings. The lowest BCUT2D eigenvalue weighted by molar-refractivity contribution is -0.130. The van der Waals surface area contributed by atoms with Gasteiger partial charge in [0.15, 0.2) is 10.4 Å². The second kappa shape index (κ2) is 7.75. The third-order valence-corrected chi connectivity index (χ3v) is 2.70. The fourth-order valence-electron chi connectivity index (χ4n) is 1.39. The molecule has 0 bridgehead atoms. The van der Waals surface area contributed by atoms with Crippen molar-refractivity contribution in [3.05, 3.63) is 35.2 Å². The number of hydrogen-bond acceptors (Lipinski definition) is 4. The van der Waals surface area contributed by atoms with Crippen molar-refractivity contribution >= 4 is 27.7 Å². The van der Waals surface area contributed by atoms with Crippen molar-refractivity contribution in [1.82, 2.24) is 10.2 Å². The van der Waals surface area contributed by atoms with Crippen molar-refractivity contribution in [3.8, 4) is 0 Å². The number of aliphatic hydroxyl groups is 1. The summed E-state index contributed by atoms with van der Waals surface area (Å²) in [7, 11) is 0. The Morgan fingerprint density at radius 1 is 1.53 bits per heavy atom. The zero-order valence-corrected chi connectivity index (χ0v) is 11.9. The van der Waals surface area contributed by atoms with Gasteiger partial charge in [0.25, 0.3) is 5.91 Å². The quantitative estimate of drug-likeness (QED) is 0.724. The van der Waals surface area contributed by atoms with E-state index in [1.54, 1.807) is 12.1 Å². The Hall–Kier alpha value is -1.60. The van der Waals surface area contributed by atoms with Crippen LogP contribution in [0.2, 0.25) is 0 Å². The minimum atomic E-state index is -0.471. The van der Waals surface area contributed by atoms with E-state index in [0.29, 0.717) is 11.2 Å². The van der Waals surface area contributed by atoms with Crippen molar-refractivity contribution in [3.63, 3.8) is 0 Å². The molecular formula is C12H15BrN2O4. The highest BCUT2D eigenvalue weighted by atomic mass is 79.9. The van der Waals surface area contributed by atoms with Gasteiger partial charge < -0.3 is 19.7 Å². The van der Waals surface area contributed by atoms with Gasteiger partial charge in [0, 0.05) is 13.1 Å². The predicted molar refractivity (Wildman–Crippen MR) is 72.6 cm³/mol. The largest absolute Gasteiger partial charge is 0.444 e. The van der Waals surface area contributed by atoms with Gasteiger partial charge in [0.1, 0.15) is 0 Å². The summed E-state index contributed by atoms with van der Waals surface area (Å²) < 4.78 is 5.50. The van der Waals surface area contributed by atoms with Crippen LogP contribution in [0.3, 0.4) is 0 Å². The van der Waals surface area contributed by atoms with Crippen LogP contribution in [0, 0.1) is 0 Å². The van der Waals surface area contributed by atoms with Crippen LogP contribution < -0.4 is 5.32 Å². The first-order valence-corrected chi connectivity index (χ1v) is 6.41. The van der Waals surface area contributed by atoms with Gasteiger partial charge in [-0.1, -0.05) is 6.08 Å². The Kier molecular flexibility index (Phi) is 6.31. The highest BCUT2D eigenvalue weighted by molar-refractivity contribution is 9.10. The summed E-state index contributed by atoms with van der Waals surface area (Å²) in [6, 6.07) is 3.09. The molecule has 6 nitrogen and oxygen atoms in total. The van der Waals surface area contributed by atoms with Crippen LogP contribution in [0.1, 0.15) is 10.6 Å². The Bertz CT molecular complexity index is 458. The first-order valence-electron chi connectivity index (χ1n) is 5.61. The van der Waals surface area contributed by atoms with E-state index in [9.17, 15) is 9.59 Å². The lowest BCUT2D eigenvalue weighted by Gasteiger charge is -2.19. The third-order valence-electron chi connectivity index (χ3n) is 2.27. The van der Waals surface area contributed by atoms with Crippen molar-refractivity contribution in [1.29, 1.82) is 0 Å². The molecule has 19 heavy (non-hydrogen) atoms. The first-order chi connectivity index (χ1) is 9.08. The van der Waals surface area contributed by atoms with E-state index >= 15 is 0 Å². The SMILES string of the molecule is C=CCN(CCO)C(=O)CNC(=O)c1ccc(Br)o1. The highest BCUT2D eigenvalue weighted by Crippen LogP contribution is 2.13. The molecule has 104 valence electrons. The molecule has 1 rings (SSSR count). The summed E-state index contributed by atoms with van der Waals surface area (Å²) in [6.07, 6.45) is 1.55. The average Bonchev–Trinajstić information content (AvgIpc) is 2.82. The van der Waals surface area contributed by atoms with E-state index in [0.717, 1.165) is 0 Å². The smallest absolute Gasteiger partial charge is 0.287 e. The molecule has 0 aromatic carbocycles. The second-order valence-electron chi connectivity index (χ2n) is 3.64. The molecule has 7 heteroatoms. The maximum absolute atomic E-state index is 11.8. The van der Waals surface area contributed by atoms with E-state index in [1.807, 2.05) is 0 Å². The van der Waals surface area contributed by atoms with E-state index in [2.05, 4.69) is 27.8 Å². The molecule has 2 N–H and O–H groups in total. The number of halogens is 1. The van der Waals surface area contributed by atoms with Crippen molar-refractivity contribution in [2.75, 3.05) is 26.2 Å². The summed E-state index contributed by atoms with van der Waals surface area (Å²) >= 11 is 3.08. The van der Waals surface area contributed by atoms with E-state index in [4.69, 9.17) is 9.52 Å². The second-order valence-corrected chi connectivity index (χ2v) is 4.42. The average molecular weight is 331 g/mol. The van der Waals surface area contributed by atoms with Crippen LogP contribution in [0.15, 0.2) is 33.9 Å². The van der Waals surface area contributed by atoms with E-state index in [1.165, 1.54) is 11.0 Å². The highest BCUT2D eigenvalue weighted by Gasteiger charge is 2.15. The van der Waals surface area contributed by atoms with Gasteiger partial charge in [0.05, 0.1) is 13.2 Å². The summed E-state index contributed by atoms with van der Waals surface area (Å²) in [4.78, 5) is 24.8. The van der Waals surface area contributed by atoms with Crippen LogP contribution in [-0.2, 0) is 4.79 Å². The molecule has 0 saturated heterocycles. The molecule has 0 unspecified atom stereocenters. The van der Waals surface area contributed by atoms with Crippen molar-refractivity contribution < 1.29 is 19.1 Å². The van der Waals surface area contributed by atoms with E-state index < -0.39 is 5.91 Å². The number of aliphatic hydroxyl groups excluding tert-OH is 1. The molecular weight excluding hydrogens is 316 g/mol. The fraction of sp³-hybridized carbons (Fsp3) is 0.333. The molecule has 1 heterocycles. The first kappa shape index (κ1) is 15.5. The van der Waals surface area contributed by atoms with Gasteiger partial charge >= 0.3 is 0 Å². The Morgan fingerprint density at radius 2 is 2.26 bits per heavy atom. The van der Waals surface area contributed by atoms with Gasteiger partial charge in [-0.2, -0.15) is 0 Å². The standard InChI is InChI=1S/C12H15BrN2O4/c1-2-5-15(6-7-16)11(17)8-14-12(18)9-3-4-10(13)19-9/h2-4,16H,1,5-8H2,(H,14,18). The molecule has 2 amide bonds. The number of nitrogens with zero attached hydrogens (tertiary/aromatic N) is 1. The lowest BCUT2D eigenvalue weighted by atomic mass is 10.4. The van der Waals surface area contributed by atoms with Gasteiger partial charge in [-0.25, -0.2) is 0 Å². The molecule has 0 fully saturated rings. The van der Waals surface area contributed by atoms with Crippen LogP contribution >= 0.6 is 15.9 Å². The number of amides is 2. The minimum absolute atomic E-state index is 0.122. The lowest BCUT2D eigenvalue weighted by Crippen LogP contribution is -2.41. The van der Waals surface area contributed by atoms with Gasteiger partial charge in [-0.3, -0.25) is 9.59 Å². The summed E-state index contributed by atoms with van der Waals surface area (Å²) in [5.74, 6) is -0.647. The molecule has 0 aliphatic carbocycles. The van der Waals surface area contributed by atoms with Gasteiger partial charge in [0.2, 0.25) is 5.91 Å². The number of carbonyl (C=O) groups is 2. The van der Waals surface area contributed by atoms with Gasteiger partial charge in [-0.05, 0) is 28.1 Å².